The summed E-state index contributed by atoms with van der Waals surface area (Å²) in [5, 5.41) is 22.7. The molecule has 0 spiro atoms. The number of aliphatic hydroxyl groups is 2. The van der Waals surface area contributed by atoms with Crippen LogP contribution in [0.2, 0.25) is 0 Å². The summed E-state index contributed by atoms with van der Waals surface area (Å²) in [6.45, 7) is 0. The molecule has 78 valence electrons. The Bertz CT molecular complexity index is 323. The lowest BCUT2D eigenvalue weighted by Crippen LogP contribution is -2.30. The summed E-state index contributed by atoms with van der Waals surface area (Å²) in [7, 11) is 2.74. The second-order valence-electron chi connectivity index (χ2n) is 2.79. The van der Waals surface area contributed by atoms with Gasteiger partial charge in [-0.25, -0.2) is 4.79 Å². The zero-order chi connectivity index (χ0) is 10.7. The van der Waals surface area contributed by atoms with Crippen LogP contribution in [0.1, 0.15) is 11.8 Å². The van der Waals surface area contributed by atoms with E-state index in [2.05, 4.69) is 9.84 Å². The lowest BCUT2D eigenvalue weighted by Gasteiger charge is -2.15. The van der Waals surface area contributed by atoms with Crippen LogP contribution in [-0.2, 0) is 16.6 Å². The van der Waals surface area contributed by atoms with Crippen molar-refractivity contribution in [3.05, 3.63) is 18.0 Å². The molecule has 0 aliphatic carbocycles. The van der Waals surface area contributed by atoms with Gasteiger partial charge in [0.1, 0.15) is 6.10 Å². The van der Waals surface area contributed by atoms with E-state index in [9.17, 15) is 15.0 Å². The Hall–Kier alpha value is -1.40. The number of esters is 1. The van der Waals surface area contributed by atoms with Crippen LogP contribution in [0.15, 0.2) is 12.3 Å². The molecule has 1 rings (SSSR count). The summed E-state index contributed by atoms with van der Waals surface area (Å²) in [5.41, 5.74) is 0.350. The number of rotatable bonds is 3. The van der Waals surface area contributed by atoms with Gasteiger partial charge in [-0.05, 0) is 6.07 Å². The van der Waals surface area contributed by atoms with Gasteiger partial charge in [-0.3, -0.25) is 4.68 Å². The molecule has 0 bridgehead atoms. The van der Waals surface area contributed by atoms with Crippen LogP contribution in [0.3, 0.4) is 0 Å². The Morgan fingerprint density at radius 3 is 2.71 bits per heavy atom. The van der Waals surface area contributed by atoms with Crippen LogP contribution in [0, 0.1) is 0 Å². The summed E-state index contributed by atoms with van der Waals surface area (Å²) in [4.78, 5) is 10.9. The monoisotopic (exact) mass is 200 g/mol. The molecule has 0 aliphatic heterocycles. The fraction of sp³-hybridized carbons (Fsp3) is 0.500. The van der Waals surface area contributed by atoms with E-state index in [4.69, 9.17) is 0 Å². The summed E-state index contributed by atoms with van der Waals surface area (Å²) in [5.74, 6) is -0.876. The minimum Gasteiger partial charge on any atom is -0.467 e. The average molecular weight is 200 g/mol. The number of carbonyl (C=O) groups is 1. The molecule has 0 aromatic carbocycles. The first-order valence-corrected chi connectivity index (χ1v) is 3.99. The Labute approximate surface area is 80.7 Å². The minimum absolute atomic E-state index is 0.350. The van der Waals surface area contributed by atoms with Crippen molar-refractivity contribution in [3.8, 4) is 0 Å². The van der Waals surface area contributed by atoms with E-state index in [1.165, 1.54) is 16.9 Å². The molecule has 2 unspecified atom stereocenters. The van der Waals surface area contributed by atoms with Gasteiger partial charge in [-0.15, -0.1) is 0 Å². The van der Waals surface area contributed by atoms with Gasteiger partial charge in [-0.2, -0.15) is 5.10 Å². The molecule has 0 amide bonds. The molecule has 14 heavy (non-hydrogen) atoms. The summed E-state index contributed by atoms with van der Waals surface area (Å²) in [6, 6.07) is 1.51. The van der Waals surface area contributed by atoms with E-state index in [1.54, 1.807) is 7.05 Å². The van der Waals surface area contributed by atoms with Gasteiger partial charge in [0.05, 0.1) is 12.8 Å². The van der Waals surface area contributed by atoms with Gasteiger partial charge in [0.2, 0.25) is 0 Å². The molecule has 1 heterocycles. The van der Waals surface area contributed by atoms with E-state index in [1.807, 2.05) is 0 Å². The third kappa shape index (κ3) is 1.91. The maximum atomic E-state index is 10.9. The molecule has 1 aromatic rings. The molecule has 2 N–H and O–H groups in total. The molecule has 2 atom stereocenters. The fourth-order valence-corrected chi connectivity index (χ4v) is 1.09. The van der Waals surface area contributed by atoms with Crippen LogP contribution < -0.4 is 0 Å². The predicted octanol–water partition coefficient (Wildman–Crippen LogP) is -1.01. The van der Waals surface area contributed by atoms with Crippen molar-refractivity contribution < 1.29 is 19.7 Å². The van der Waals surface area contributed by atoms with Crippen LogP contribution in [0.4, 0.5) is 0 Å². The van der Waals surface area contributed by atoms with Crippen LogP contribution in [0.25, 0.3) is 0 Å². The van der Waals surface area contributed by atoms with Gasteiger partial charge < -0.3 is 14.9 Å². The van der Waals surface area contributed by atoms with Crippen molar-refractivity contribution in [2.24, 2.45) is 7.05 Å². The van der Waals surface area contributed by atoms with E-state index in [-0.39, 0.29) is 0 Å². The van der Waals surface area contributed by atoms with E-state index >= 15 is 0 Å². The molecule has 6 heteroatoms. The smallest absolute Gasteiger partial charge is 0.337 e. The molecule has 6 nitrogen and oxygen atoms in total. The lowest BCUT2D eigenvalue weighted by atomic mass is 10.1. The Morgan fingerprint density at radius 2 is 2.29 bits per heavy atom. The largest absolute Gasteiger partial charge is 0.467 e. The zero-order valence-electron chi connectivity index (χ0n) is 7.91. The Kier molecular flexibility index (Phi) is 3.21. The number of ether oxygens (including phenoxy) is 1. The van der Waals surface area contributed by atoms with Crippen molar-refractivity contribution in [1.82, 2.24) is 9.78 Å². The van der Waals surface area contributed by atoms with Gasteiger partial charge in [0.15, 0.2) is 6.10 Å². The first-order chi connectivity index (χ1) is 6.57. The molecule has 1 aromatic heterocycles. The van der Waals surface area contributed by atoms with Crippen LogP contribution >= 0.6 is 0 Å². The highest BCUT2D eigenvalue weighted by atomic mass is 16.5. The normalized spacial score (nSPS) is 14.9. The van der Waals surface area contributed by atoms with Gasteiger partial charge in [0.25, 0.3) is 0 Å². The van der Waals surface area contributed by atoms with Crippen molar-refractivity contribution in [3.63, 3.8) is 0 Å². The van der Waals surface area contributed by atoms with Crippen molar-refractivity contribution in [1.29, 1.82) is 0 Å². The SMILES string of the molecule is COC(=O)C(O)C(O)c1ccnn1C. The maximum Gasteiger partial charge on any atom is 0.337 e. The Morgan fingerprint density at radius 1 is 1.64 bits per heavy atom. The third-order valence-electron chi connectivity index (χ3n) is 1.90. The minimum atomic E-state index is -1.59. The second-order valence-corrected chi connectivity index (χ2v) is 2.79. The van der Waals surface area contributed by atoms with E-state index in [0.29, 0.717) is 5.69 Å². The van der Waals surface area contributed by atoms with Crippen molar-refractivity contribution in [2.75, 3.05) is 7.11 Å². The number of hydrogen-bond donors (Lipinski definition) is 2. The number of methoxy groups -OCH3 is 1. The molecule has 0 radical (unpaired) electrons. The second kappa shape index (κ2) is 4.21. The summed E-state index contributed by atoms with van der Waals surface area (Å²) >= 11 is 0. The number of nitrogens with zero attached hydrogens (tertiary/aromatic N) is 2. The fourth-order valence-electron chi connectivity index (χ4n) is 1.09. The zero-order valence-corrected chi connectivity index (χ0v) is 7.91. The Balaban J connectivity index is 2.80. The number of aryl methyl sites for hydroxylation is 1. The number of hydrogen-bond acceptors (Lipinski definition) is 5. The first kappa shape index (κ1) is 10.7. The van der Waals surface area contributed by atoms with Gasteiger partial charge in [0, 0.05) is 13.2 Å². The third-order valence-corrected chi connectivity index (χ3v) is 1.90. The van der Waals surface area contributed by atoms with Gasteiger partial charge in [-0.1, -0.05) is 0 Å². The highest BCUT2D eigenvalue weighted by Crippen LogP contribution is 2.16. The average Bonchev–Trinajstić information content (AvgIpc) is 2.61. The molecular weight excluding hydrogens is 188 g/mol. The number of aromatic nitrogens is 2. The highest BCUT2D eigenvalue weighted by Gasteiger charge is 2.28. The van der Waals surface area contributed by atoms with Gasteiger partial charge >= 0.3 is 5.97 Å². The topological polar surface area (TPSA) is 84.6 Å². The number of aliphatic hydroxyl groups excluding tert-OH is 2. The predicted molar refractivity (Wildman–Crippen MR) is 46.2 cm³/mol. The molecule has 0 saturated heterocycles. The van der Waals surface area contributed by atoms with Crippen molar-refractivity contribution in [2.45, 2.75) is 12.2 Å². The van der Waals surface area contributed by atoms with E-state index in [0.717, 1.165) is 7.11 Å². The van der Waals surface area contributed by atoms with Crippen LogP contribution in [0.5, 0.6) is 0 Å². The quantitative estimate of drug-likeness (QED) is 0.610. The van der Waals surface area contributed by atoms with E-state index < -0.39 is 18.2 Å². The molecule has 0 aliphatic rings. The highest BCUT2D eigenvalue weighted by molar-refractivity contribution is 5.75. The molecular formula is C8H12N2O4. The first-order valence-electron chi connectivity index (χ1n) is 3.99. The standard InChI is InChI=1S/C8H12N2O4/c1-10-5(3-4-9-10)6(11)7(12)8(13)14-2/h3-4,6-7,11-12H,1-2H3. The lowest BCUT2D eigenvalue weighted by molar-refractivity contribution is -0.157. The maximum absolute atomic E-state index is 10.9. The van der Waals surface area contributed by atoms with Crippen molar-refractivity contribution >= 4 is 5.97 Å². The van der Waals surface area contributed by atoms with Crippen LogP contribution in [-0.4, -0.2) is 39.2 Å². The number of carbonyl (C=O) groups excluding carboxylic acids is 1. The summed E-state index contributed by atoms with van der Waals surface area (Å²) in [6.07, 6.45) is -1.45. The molecule has 0 fully saturated rings. The summed E-state index contributed by atoms with van der Waals surface area (Å²) < 4.78 is 5.66. The molecule has 0 saturated carbocycles.